The van der Waals surface area contributed by atoms with Crippen LogP contribution in [0.5, 0.6) is 0 Å². The second kappa shape index (κ2) is 6.94. The predicted molar refractivity (Wildman–Crippen MR) is 89.9 cm³/mol. The molecule has 0 fully saturated rings. The van der Waals surface area contributed by atoms with Gasteiger partial charge >= 0.3 is 0 Å². The number of nitrogens with two attached hydrogens (primary N) is 1. The van der Waals surface area contributed by atoms with Gasteiger partial charge in [0.2, 0.25) is 10.0 Å². The highest BCUT2D eigenvalue weighted by atomic mass is 32.2. The molecule has 4 nitrogen and oxygen atoms in total. The van der Waals surface area contributed by atoms with Gasteiger partial charge in [-0.25, -0.2) is 13.1 Å². The van der Waals surface area contributed by atoms with E-state index in [2.05, 4.69) is 18.6 Å². The topological polar surface area (TPSA) is 72.2 Å². The Morgan fingerprint density at radius 3 is 2.41 bits per heavy atom. The Hall–Kier alpha value is -1.85. The number of hydrogen-bond acceptors (Lipinski definition) is 3. The molecule has 2 aromatic rings. The van der Waals surface area contributed by atoms with Gasteiger partial charge in [0, 0.05) is 12.2 Å². The van der Waals surface area contributed by atoms with Gasteiger partial charge in [-0.15, -0.1) is 0 Å². The summed E-state index contributed by atoms with van der Waals surface area (Å²) in [5.41, 5.74) is 8.69. The van der Waals surface area contributed by atoms with Gasteiger partial charge in [0.15, 0.2) is 0 Å². The van der Waals surface area contributed by atoms with Gasteiger partial charge in [-0.05, 0) is 41.7 Å². The molecule has 0 aliphatic carbocycles. The monoisotopic (exact) mass is 318 g/mol. The summed E-state index contributed by atoms with van der Waals surface area (Å²) in [7, 11) is -3.49. The third-order valence-corrected chi connectivity index (χ3v) is 4.77. The Bertz CT molecular complexity index is 726. The fraction of sp³-hybridized carbons (Fsp3) is 0.294. The minimum Gasteiger partial charge on any atom is -0.399 e. The normalized spacial score (nSPS) is 11.8. The average molecular weight is 318 g/mol. The second-order valence-electron chi connectivity index (χ2n) is 5.77. The molecule has 0 radical (unpaired) electrons. The summed E-state index contributed by atoms with van der Waals surface area (Å²) >= 11 is 0. The maximum Gasteiger partial charge on any atom is 0.240 e. The summed E-state index contributed by atoms with van der Waals surface area (Å²) in [5.74, 6) is 0.499. The van der Waals surface area contributed by atoms with Crippen LogP contribution in [0.25, 0.3) is 0 Å². The lowest BCUT2D eigenvalue weighted by atomic mass is 9.99. The van der Waals surface area contributed by atoms with Crippen LogP contribution in [0, 0.1) is 5.92 Å². The first-order valence-corrected chi connectivity index (χ1v) is 8.79. The molecule has 22 heavy (non-hydrogen) atoms. The summed E-state index contributed by atoms with van der Waals surface area (Å²) < 4.78 is 27.0. The number of benzene rings is 2. The van der Waals surface area contributed by atoms with E-state index in [0.717, 1.165) is 23.2 Å². The zero-order valence-electron chi connectivity index (χ0n) is 12.9. The van der Waals surface area contributed by atoms with Crippen LogP contribution < -0.4 is 10.5 Å². The van der Waals surface area contributed by atoms with Gasteiger partial charge in [0.05, 0.1) is 4.90 Å². The number of anilines is 1. The fourth-order valence-corrected chi connectivity index (χ4v) is 3.29. The van der Waals surface area contributed by atoms with Crippen molar-refractivity contribution in [1.29, 1.82) is 0 Å². The molecule has 0 amide bonds. The van der Waals surface area contributed by atoms with Crippen LogP contribution in [0.1, 0.15) is 25.0 Å². The van der Waals surface area contributed by atoms with Crippen molar-refractivity contribution in [2.45, 2.75) is 31.7 Å². The van der Waals surface area contributed by atoms with E-state index in [9.17, 15) is 8.42 Å². The van der Waals surface area contributed by atoms with Crippen LogP contribution in [-0.4, -0.2) is 8.42 Å². The van der Waals surface area contributed by atoms with Crippen molar-refractivity contribution in [3.63, 3.8) is 0 Å². The zero-order chi connectivity index (χ0) is 16.2. The first kappa shape index (κ1) is 16.5. The van der Waals surface area contributed by atoms with Gasteiger partial charge < -0.3 is 5.73 Å². The van der Waals surface area contributed by atoms with Gasteiger partial charge in [-0.2, -0.15) is 0 Å². The molecule has 0 spiro atoms. The SMILES string of the molecule is CC(C)Cc1cc(CNS(=O)(=O)c2ccccc2)ccc1N. The molecule has 0 saturated carbocycles. The van der Waals surface area contributed by atoms with Crippen molar-refractivity contribution in [2.24, 2.45) is 5.92 Å². The lowest BCUT2D eigenvalue weighted by Gasteiger charge is -2.12. The molecule has 118 valence electrons. The Kier molecular flexibility index (Phi) is 5.21. The van der Waals surface area contributed by atoms with E-state index in [1.165, 1.54) is 0 Å². The highest BCUT2D eigenvalue weighted by molar-refractivity contribution is 7.89. The zero-order valence-corrected chi connectivity index (χ0v) is 13.7. The van der Waals surface area contributed by atoms with Crippen LogP contribution in [0.4, 0.5) is 5.69 Å². The first-order valence-electron chi connectivity index (χ1n) is 7.30. The number of rotatable bonds is 6. The summed E-state index contributed by atoms with van der Waals surface area (Å²) in [4.78, 5) is 0.271. The largest absolute Gasteiger partial charge is 0.399 e. The Morgan fingerprint density at radius 1 is 1.09 bits per heavy atom. The highest BCUT2D eigenvalue weighted by Gasteiger charge is 2.13. The molecule has 0 unspecified atom stereocenters. The molecule has 2 aromatic carbocycles. The number of nitrogens with one attached hydrogen (secondary N) is 1. The molecule has 5 heteroatoms. The highest BCUT2D eigenvalue weighted by Crippen LogP contribution is 2.18. The van der Waals surface area contributed by atoms with Gasteiger partial charge in [0.25, 0.3) is 0 Å². The van der Waals surface area contributed by atoms with E-state index in [1.807, 2.05) is 18.2 Å². The summed E-state index contributed by atoms with van der Waals surface area (Å²) in [6.45, 7) is 4.51. The van der Waals surface area contributed by atoms with Crippen molar-refractivity contribution in [3.05, 3.63) is 59.7 Å². The number of nitrogen functional groups attached to an aromatic ring is 1. The molecular formula is C17H22N2O2S. The van der Waals surface area contributed by atoms with E-state index in [4.69, 9.17) is 5.73 Å². The van der Waals surface area contributed by atoms with Gasteiger partial charge in [-0.1, -0.05) is 44.2 Å². The molecule has 0 aromatic heterocycles. The van der Waals surface area contributed by atoms with Crippen molar-refractivity contribution in [3.8, 4) is 0 Å². The van der Waals surface area contributed by atoms with E-state index < -0.39 is 10.0 Å². The fourth-order valence-electron chi connectivity index (χ4n) is 2.25. The average Bonchev–Trinajstić information content (AvgIpc) is 2.48. The second-order valence-corrected chi connectivity index (χ2v) is 7.54. The molecule has 2 rings (SSSR count). The maximum atomic E-state index is 12.2. The Labute approximate surface area is 132 Å². The summed E-state index contributed by atoms with van der Waals surface area (Å²) in [6.07, 6.45) is 0.880. The standard InChI is InChI=1S/C17H22N2O2S/c1-13(2)10-15-11-14(8-9-17(15)18)12-19-22(20,21)16-6-4-3-5-7-16/h3-9,11,13,19H,10,12,18H2,1-2H3. The van der Waals surface area contributed by atoms with E-state index in [0.29, 0.717) is 5.92 Å². The van der Waals surface area contributed by atoms with Crippen LogP contribution in [0.15, 0.2) is 53.4 Å². The summed E-state index contributed by atoms with van der Waals surface area (Å²) in [6, 6.07) is 14.0. The Balaban J connectivity index is 2.12. The molecule has 3 N–H and O–H groups in total. The van der Waals surface area contributed by atoms with Crippen LogP contribution >= 0.6 is 0 Å². The van der Waals surface area contributed by atoms with Crippen molar-refractivity contribution < 1.29 is 8.42 Å². The van der Waals surface area contributed by atoms with Gasteiger partial charge in [0.1, 0.15) is 0 Å². The third-order valence-electron chi connectivity index (χ3n) is 3.36. The minimum absolute atomic E-state index is 0.253. The van der Waals surface area contributed by atoms with E-state index in [1.54, 1.807) is 30.3 Å². The number of sulfonamides is 1. The molecule has 0 aliphatic heterocycles. The van der Waals surface area contributed by atoms with Gasteiger partial charge in [-0.3, -0.25) is 0 Å². The predicted octanol–water partition coefficient (Wildman–Crippen LogP) is 2.95. The number of hydrogen-bond donors (Lipinski definition) is 2. The quantitative estimate of drug-likeness (QED) is 0.804. The lowest BCUT2D eigenvalue weighted by Crippen LogP contribution is -2.23. The molecule has 0 atom stereocenters. The minimum atomic E-state index is -3.49. The molecule has 0 aliphatic rings. The third kappa shape index (κ3) is 4.32. The van der Waals surface area contributed by atoms with Crippen LogP contribution in [0.3, 0.4) is 0 Å². The summed E-state index contributed by atoms with van der Waals surface area (Å²) in [5, 5.41) is 0. The maximum absolute atomic E-state index is 12.2. The molecule has 0 bridgehead atoms. The molecular weight excluding hydrogens is 296 g/mol. The van der Waals surface area contributed by atoms with Crippen molar-refractivity contribution in [1.82, 2.24) is 4.72 Å². The van der Waals surface area contributed by atoms with Crippen LogP contribution in [0.2, 0.25) is 0 Å². The molecule has 0 saturated heterocycles. The van der Waals surface area contributed by atoms with E-state index in [-0.39, 0.29) is 11.4 Å². The van der Waals surface area contributed by atoms with Crippen molar-refractivity contribution in [2.75, 3.05) is 5.73 Å². The van der Waals surface area contributed by atoms with Crippen LogP contribution in [-0.2, 0) is 23.0 Å². The smallest absolute Gasteiger partial charge is 0.240 e. The Morgan fingerprint density at radius 2 is 1.77 bits per heavy atom. The lowest BCUT2D eigenvalue weighted by molar-refractivity contribution is 0.581. The van der Waals surface area contributed by atoms with E-state index >= 15 is 0 Å². The van der Waals surface area contributed by atoms with Crippen molar-refractivity contribution >= 4 is 15.7 Å². The first-order chi connectivity index (χ1) is 10.4. The molecule has 0 heterocycles.